The van der Waals surface area contributed by atoms with Crippen molar-refractivity contribution in [3.63, 3.8) is 0 Å². The predicted octanol–water partition coefficient (Wildman–Crippen LogP) is 3.03. The van der Waals surface area contributed by atoms with E-state index in [0.717, 1.165) is 11.2 Å². The summed E-state index contributed by atoms with van der Waals surface area (Å²) in [6.07, 6.45) is 1.67. The molecule has 0 aliphatic rings. The molecule has 0 saturated carbocycles. The van der Waals surface area contributed by atoms with Crippen LogP contribution < -0.4 is 5.32 Å². The quantitative estimate of drug-likeness (QED) is 0.509. The Balaban J connectivity index is 1.53. The van der Waals surface area contributed by atoms with E-state index in [2.05, 4.69) is 20.7 Å². The third-order valence-corrected chi connectivity index (χ3v) is 4.45. The van der Waals surface area contributed by atoms with Crippen LogP contribution >= 0.6 is 0 Å². The molecule has 5 aromatic rings. The number of rotatable bonds is 3. The molecule has 3 heterocycles. The third-order valence-electron chi connectivity index (χ3n) is 4.45. The lowest BCUT2D eigenvalue weighted by Crippen LogP contribution is -2.12. The average Bonchev–Trinajstić information content (AvgIpc) is 3.28. The zero-order chi connectivity index (χ0) is 19.1. The highest BCUT2D eigenvalue weighted by Crippen LogP contribution is 2.24. The number of fused-ring (bicyclic) bond motifs is 2. The number of pyridine rings is 1. The van der Waals surface area contributed by atoms with Crippen LogP contribution in [0.4, 0.5) is 5.69 Å². The van der Waals surface area contributed by atoms with E-state index in [4.69, 9.17) is 0 Å². The Labute approximate surface area is 158 Å². The van der Waals surface area contributed by atoms with E-state index in [1.54, 1.807) is 47.3 Å². The van der Waals surface area contributed by atoms with Crippen molar-refractivity contribution in [3.05, 3.63) is 78.5 Å². The Morgan fingerprint density at radius 3 is 2.64 bits per heavy atom. The SMILES string of the molecule is O=C(Nc1ccc2nnn(-c3ccccc3)c2c1)c1c(O)nn2ccccc12. The molecule has 2 N–H and O–H groups in total. The second kappa shape index (κ2) is 6.20. The van der Waals surface area contributed by atoms with Crippen molar-refractivity contribution in [2.45, 2.75) is 0 Å². The van der Waals surface area contributed by atoms with Crippen molar-refractivity contribution in [1.82, 2.24) is 24.6 Å². The van der Waals surface area contributed by atoms with Gasteiger partial charge in [-0.3, -0.25) is 4.79 Å². The topological polar surface area (TPSA) is 97.3 Å². The van der Waals surface area contributed by atoms with Gasteiger partial charge in [0, 0.05) is 11.9 Å². The molecule has 0 aliphatic carbocycles. The van der Waals surface area contributed by atoms with Crippen molar-refractivity contribution in [3.8, 4) is 11.6 Å². The van der Waals surface area contributed by atoms with Crippen molar-refractivity contribution in [1.29, 1.82) is 0 Å². The summed E-state index contributed by atoms with van der Waals surface area (Å²) in [7, 11) is 0. The Morgan fingerprint density at radius 1 is 0.964 bits per heavy atom. The normalized spacial score (nSPS) is 11.1. The molecule has 0 unspecified atom stereocenters. The van der Waals surface area contributed by atoms with E-state index in [1.165, 1.54) is 4.52 Å². The van der Waals surface area contributed by atoms with E-state index in [9.17, 15) is 9.90 Å². The van der Waals surface area contributed by atoms with Gasteiger partial charge in [0.05, 0.1) is 16.7 Å². The predicted molar refractivity (Wildman–Crippen MR) is 104 cm³/mol. The van der Waals surface area contributed by atoms with Gasteiger partial charge in [-0.15, -0.1) is 10.2 Å². The highest BCUT2D eigenvalue weighted by molar-refractivity contribution is 6.11. The number of amides is 1. The summed E-state index contributed by atoms with van der Waals surface area (Å²) in [6.45, 7) is 0. The van der Waals surface area contributed by atoms with Gasteiger partial charge in [0.2, 0.25) is 5.88 Å². The molecular weight excluding hydrogens is 356 g/mol. The number of anilines is 1. The summed E-state index contributed by atoms with van der Waals surface area (Å²) in [4.78, 5) is 12.8. The minimum atomic E-state index is -0.447. The molecule has 0 radical (unpaired) electrons. The molecule has 8 nitrogen and oxygen atoms in total. The van der Waals surface area contributed by atoms with Gasteiger partial charge in [0.1, 0.15) is 11.1 Å². The number of hydrogen-bond acceptors (Lipinski definition) is 5. The maximum Gasteiger partial charge on any atom is 0.263 e. The lowest BCUT2D eigenvalue weighted by molar-refractivity contribution is 0.102. The number of hydrogen-bond donors (Lipinski definition) is 2. The molecule has 28 heavy (non-hydrogen) atoms. The lowest BCUT2D eigenvalue weighted by Gasteiger charge is -2.06. The van der Waals surface area contributed by atoms with Crippen LogP contribution in [0.2, 0.25) is 0 Å². The molecule has 2 aromatic carbocycles. The second-order valence-corrected chi connectivity index (χ2v) is 6.22. The van der Waals surface area contributed by atoms with Gasteiger partial charge in [-0.1, -0.05) is 29.5 Å². The van der Waals surface area contributed by atoms with Crippen molar-refractivity contribution in [2.24, 2.45) is 0 Å². The van der Waals surface area contributed by atoms with Crippen molar-refractivity contribution < 1.29 is 9.90 Å². The highest BCUT2D eigenvalue weighted by atomic mass is 16.3. The van der Waals surface area contributed by atoms with Crippen molar-refractivity contribution >= 4 is 28.1 Å². The van der Waals surface area contributed by atoms with Gasteiger partial charge < -0.3 is 10.4 Å². The molecule has 8 heteroatoms. The molecule has 136 valence electrons. The fraction of sp³-hybridized carbons (Fsp3) is 0. The van der Waals surface area contributed by atoms with Gasteiger partial charge in [-0.2, -0.15) is 0 Å². The van der Waals surface area contributed by atoms with Gasteiger partial charge in [0.15, 0.2) is 0 Å². The van der Waals surface area contributed by atoms with Crippen LogP contribution in [-0.2, 0) is 0 Å². The first kappa shape index (κ1) is 16.0. The minimum absolute atomic E-state index is 0.121. The molecule has 5 rings (SSSR count). The van der Waals surface area contributed by atoms with E-state index in [0.29, 0.717) is 16.7 Å². The molecule has 0 fully saturated rings. The number of para-hydroxylation sites is 1. The smallest absolute Gasteiger partial charge is 0.263 e. The standard InChI is InChI=1S/C20H14N6O2/c27-19(18-16-8-4-5-11-25(16)23-20(18)28)21-13-9-10-15-17(12-13)26(24-22-15)14-6-2-1-3-7-14/h1-12H,(H,21,27)(H,23,28). The van der Waals surface area contributed by atoms with Gasteiger partial charge >= 0.3 is 0 Å². The number of nitrogens with zero attached hydrogens (tertiary/aromatic N) is 5. The molecule has 0 atom stereocenters. The maximum absolute atomic E-state index is 12.8. The Hall–Kier alpha value is -4.20. The molecule has 0 spiro atoms. The number of aromatic hydroxyl groups is 1. The zero-order valence-electron chi connectivity index (χ0n) is 14.5. The summed E-state index contributed by atoms with van der Waals surface area (Å²) in [5, 5.41) is 25.2. The zero-order valence-corrected chi connectivity index (χ0v) is 14.5. The van der Waals surface area contributed by atoms with Crippen molar-refractivity contribution in [2.75, 3.05) is 5.32 Å². The highest BCUT2D eigenvalue weighted by Gasteiger charge is 2.19. The molecule has 1 amide bonds. The summed E-state index contributed by atoms with van der Waals surface area (Å²) >= 11 is 0. The summed E-state index contributed by atoms with van der Waals surface area (Å²) < 4.78 is 3.17. The van der Waals surface area contributed by atoms with E-state index in [1.807, 2.05) is 30.3 Å². The van der Waals surface area contributed by atoms with Gasteiger partial charge in [-0.25, -0.2) is 9.20 Å². The van der Waals surface area contributed by atoms with Crippen LogP contribution in [-0.4, -0.2) is 35.6 Å². The number of nitrogens with one attached hydrogen (secondary N) is 1. The first-order valence-electron chi connectivity index (χ1n) is 8.59. The first-order chi connectivity index (χ1) is 13.7. The lowest BCUT2D eigenvalue weighted by atomic mass is 10.2. The largest absolute Gasteiger partial charge is 0.492 e. The monoisotopic (exact) mass is 370 g/mol. The molecular formula is C20H14N6O2. The molecule has 0 aliphatic heterocycles. The van der Waals surface area contributed by atoms with Crippen LogP contribution in [0.25, 0.3) is 22.2 Å². The second-order valence-electron chi connectivity index (χ2n) is 6.22. The van der Waals surface area contributed by atoms with E-state index in [-0.39, 0.29) is 11.4 Å². The number of carbonyl (C=O) groups excluding carboxylic acids is 1. The van der Waals surface area contributed by atoms with Crippen LogP contribution in [0, 0.1) is 0 Å². The molecule has 0 bridgehead atoms. The minimum Gasteiger partial charge on any atom is -0.492 e. The fourth-order valence-electron chi connectivity index (χ4n) is 3.15. The fourth-order valence-corrected chi connectivity index (χ4v) is 3.15. The molecule has 0 saturated heterocycles. The van der Waals surface area contributed by atoms with Crippen LogP contribution in [0.15, 0.2) is 72.9 Å². The summed E-state index contributed by atoms with van der Waals surface area (Å²) in [5.74, 6) is -0.766. The van der Waals surface area contributed by atoms with Gasteiger partial charge in [-0.05, 0) is 42.5 Å². The van der Waals surface area contributed by atoms with E-state index >= 15 is 0 Å². The third kappa shape index (κ3) is 2.55. The number of benzene rings is 2. The Bertz CT molecular complexity index is 1320. The number of aromatic nitrogens is 5. The maximum atomic E-state index is 12.8. The van der Waals surface area contributed by atoms with E-state index < -0.39 is 5.91 Å². The summed E-state index contributed by atoms with van der Waals surface area (Å²) in [6, 6.07) is 20.2. The van der Waals surface area contributed by atoms with Crippen LogP contribution in [0.5, 0.6) is 5.88 Å². The van der Waals surface area contributed by atoms with Gasteiger partial charge in [0.25, 0.3) is 5.91 Å². The summed E-state index contributed by atoms with van der Waals surface area (Å²) in [5.41, 5.74) is 3.54. The van der Waals surface area contributed by atoms with Crippen LogP contribution in [0.3, 0.4) is 0 Å². The Kier molecular flexibility index (Phi) is 3.55. The average molecular weight is 370 g/mol. The Morgan fingerprint density at radius 2 is 1.79 bits per heavy atom. The molecule has 3 aromatic heterocycles. The van der Waals surface area contributed by atoms with Crippen LogP contribution in [0.1, 0.15) is 10.4 Å². The number of carbonyl (C=O) groups is 1. The first-order valence-corrected chi connectivity index (χ1v) is 8.59.